The van der Waals surface area contributed by atoms with E-state index >= 15 is 0 Å². The van der Waals surface area contributed by atoms with Gasteiger partial charge in [0, 0.05) is 23.3 Å². The third kappa shape index (κ3) is 3.35. The molecular weight excluding hydrogens is 310 g/mol. The van der Waals surface area contributed by atoms with Gasteiger partial charge in [0.1, 0.15) is 0 Å². The minimum absolute atomic E-state index is 0.615. The molecule has 2 heterocycles. The van der Waals surface area contributed by atoms with E-state index in [1.54, 1.807) is 18.6 Å². The number of hydrazone groups is 1. The Labute approximate surface area is 145 Å². The van der Waals surface area contributed by atoms with Gasteiger partial charge in [-0.25, -0.2) is 9.97 Å². The van der Waals surface area contributed by atoms with E-state index < -0.39 is 0 Å². The number of para-hydroxylation sites is 1. The monoisotopic (exact) mass is 325 g/mol. The number of fused-ring (bicyclic) bond motifs is 1. The molecule has 0 fully saturated rings. The van der Waals surface area contributed by atoms with E-state index in [1.165, 1.54) is 0 Å². The van der Waals surface area contributed by atoms with Crippen molar-refractivity contribution in [3.8, 4) is 11.4 Å². The number of hydrogen-bond donors (Lipinski definition) is 1. The Morgan fingerprint density at radius 3 is 2.52 bits per heavy atom. The summed E-state index contributed by atoms with van der Waals surface area (Å²) in [5, 5.41) is 5.23. The van der Waals surface area contributed by atoms with E-state index in [0.717, 1.165) is 22.0 Å². The lowest BCUT2D eigenvalue weighted by Crippen LogP contribution is -1.99. The van der Waals surface area contributed by atoms with E-state index in [2.05, 4.69) is 25.5 Å². The summed E-state index contributed by atoms with van der Waals surface area (Å²) in [7, 11) is 0. The number of anilines is 1. The lowest BCUT2D eigenvalue weighted by atomic mass is 10.2. The Morgan fingerprint density at radius 1 is 0.840 bits per heavy atom. The molecule has 2 aromatic heterocycles. The maximum atomic E-state index is 4.63. The van der Waals surface area contributed by atoms with Gasteiger partial charge in [-0.15, -0.1) is 0 Å². The Balaban J connectivity index is 1.73. The molecule has 0 radical (unpaired) electrons. The zero-order valence-electron chi connectivity index (χ0n) is 13.4. The van der Waals surface area contributed by atoms with E-state index in [9.17, 15) is 0 Å². The van der Waals surface area contributed by atoms with Crippen molar-refractivity contribution in [2.45, 2.75) is 0 Å². The summed E-state index contributed by atoms with van der Waals surface area (Å²) in [6.07, 6.45) is 5.25. The second kappa shape index (κ2) is 6.88. The third-order valence-electron chi connectivity index (χ3n) is 3.71. The van der Waals surface area contributed by atoms with Crippen LogP contribution in [-0.2, 0) is 0 Å². The van der Waals surface area contributed by atoms with Gasteiger partial charge in [0.15, 0.2) is 11.6 Å². The summed E-state index contributed by atoms with van der Waals surface area (Å²) in [5.74, 6) is 1.28. The van der Waals surface area contributed by atoms with Crippen LogP contribution in [0.25, 0.3) is 22.3 Å². The first-order valence-electron chi connectivity index (χ1n) is 7.91. The Kier molecular flexibility index (Phi) is 4.12. The van der Waals surface area contributed by atoms with Crippen LogP contribution in [-0.4, -0.2) is 21.2 Å². The molecule has 0 aliphatic rings. The maximum Gasteiger partial charge on any atom is 0.163 e. The highest BCUT2D eigenvalue weighted by Gasteiger charge is 2.08. The second-order valence-electron chi connectivity index (χ2n) is 5.44. The van der Waals surface area contributed by atoms with Crippen molar-refractivity contribution < 1.29 is 0 Å². The SMILES string of the molecule is C(=N/Nc1nc(-c2cccnc2)nc2ccccc12)/c1ccccc1. The van der Waals surface area contributed by atoms with E-state index in [-0.39, 0.29) is 0 Å². The van der Waals surface area contributed by atoms with Crippen molar-refractivity contribution in [3.05, 3.63) is 84.7 Å². The summed E-state index contributed by atoms with van der Waals surface area (Å²) in [6.45, 7) is 0. The van der Waals surface area contributed by atoms with Crippen LogP contribution in [0.1, 0.15) is 5.56 Å². The van der Waals surface area contributed by atoms with Crippen LogP contribution in [0.2, 0.25) is 0 Å². The molecule has 0 spiro atoms. The molecule has 4 aromatic rings. The average molecular weight is 325 g/mol. The summed E-state index contributed by atoms with van der Waals surface area (Å²) in [4.78, 5) is 13.4. The fraction of sp³-hybridized carbons (Fsp3) is 0. The molecule has 0 aliphatic carbocycles. The van der Waals surface area contributed by atoms with Crippen molar-refractivity contribution >= 4 is 22.9 Å². The highest BCUT2D eigenvalue weighted by Crippen LogP contribution is 2.24. The predicted octanol–water partition coefficient (Wildman–Crippen LogP) is 4.14. The Morgan fingerprint density at radius 2 is 1.68 bits per heavy atom. The lowest BCUT2D eigenvalue weighted by molar-refractivity contribution is 1.18. The summed E-state index contributed by atoms with van der Waals surface area (Å²) in [5.41, 5.74) is 5.78. The summed E-state index contributed by atoms with van der Waals surface area (Å²) in [6, 6.07) is 21.6. The van der Waals surface area contributed by atoms with Crippen molar-refractivity contribution in [1.82, 2.24) is 15.0 Å². The van der Waals surface area contributed by atoms with Crippen LogP contribution in [0.5, 0.6) is 0 Å². The molecule has 0 saturated carbocycles. The summed E-state index contributed by atoms with van der Waals surface area (Å²) >= 11 is 0. The first-order chi connectivity index (χ1) is 12.4. The van der Waals surface area contributed by atoms with Gasteiger partial charge in [0.25, 0.3) is 0 Å². The number of aromatic nitrogens is 3. The Bertz CT molecular complexity index is 1010. The van der Waals surface area contributed by atoms with E-state index in [0.29, 0.717) is 11.6 Å². The predicted molar refractivity (Wildman–Crippen MR) is 100 cm³/mol. The molecule has 5 nitrogen and oxygen atoms in total. The van der Waals surface area contributed by atoms with E-state index in [1.807, 2.05) is 66.7 Å². The number of pyridine rings is 1. The van der Waals surface area contributed by atoms with Crippen LogP contribution in [0.3, 0.4) is 0 Å². The highest BCUT2D eigenvalue weighted by molar-refractivity contribution is 5.91. The standard InChI is InChI=1S/C20H15N5/c1-2-7-15(8-3-1)13-22-25-20-17-10-4-5-11-18(17)23-19(24-20)16-9-6-12-21-14-16/h1-14H,(H,23,24,25)/b22-13-. The van der Waals surface area contributed by atoms with Gasteiger partial charge in [-0.05, 0) is 29.8 Å². The van der Waals surface area contributed by atoms with E-state index in [4.69, 9.17) is 0 Å². The fourth-order valence-electron chi connectivity index (χ4n) is 2.49. The third-order valence-corrected chi connectivity index (χ3v) is 3.71. The van der Waals surface area contributed by atoms with Gasteiger partial charge in [-0.3, -0.25) is 10.4 Å². The quantitative estimate of drug-likeness (QED) is 0.452. The van der Waals surface area contributed by atoms with Crippen molar-refractivity contribution in [1.29, 1.82) is 0 Å². The second-order valence-corrected chi connectivity index (χ2v) is 5.44. The van der Waals surface area contributed by atoms with Gasteiger partial charge in [0.05, 0.1) is 11.7 Å². The number of benzene rings is 2. The molecule has 0 bridgehead atoms. The molecule has 0 aliphatic heterocycles. The molecule has 0 unspecified atom stereocenters. The lowest BCUT2D eigenvalue weighted by Gasteiger charge is -2.08. The molecule has 25 heavy (non-hydrogen) atoms. The molecule has 2 aromatic carbocycles. The molecule has 120 valence electrons. The Hall–Kier alpha value is -3.60. The van der Waals surface area contributed by atoms with Crippen molar-refractivity contribution in [3.63, 3.8) is 0 Å². The normalized spacial score (nSPS) is 11.0. The molecule has 0 amide bonds. The number of rotatable bonds is 4. The highest BCUT2D eigenvalue weighted by atomic mass is 15.3. The topological polar surface area (TPSA) is 63.1 Å². The van der Waals surface area contributed by atoms with Crippen LogP contribution >= 0.6 is 0 Å². The van der Waals surface area contributed by atoms with Crippen LogP contribution < -0.4 is 5.43 Å². The van der Waals surface area contributed by atoms with Gasteiger partial charge < -0.3 is 0 Å². The summed E-state index contributed by atoms with van der Waals surface area (Å²) < 4.78 is 0. The largest absolute Gasteiger partial charge is 0.264 e. The van der Waals surface area contributed by atoms with Gasteiger partial charge >= 0.3 is 0 Å². The molecular formula is C20H15N5. The number of nitrogens with zero attached hydrogens (tertiary/aromatic N) is 4. The molecule has 0 saturated heterocycles. The molecule has 4 rings (SSSR count). The zero-order valence-corrected chi connectivity index (χ0v) is 13.4. The first kappa shape index (κ1) is 15.0. The average Bonchev–Trinajstić information content (AvgIpc) is 2.69. The number of hydrogen-bond acceptors (Lipinski definition) is 5. The van der Waals surface area contributed by atoms with Crippen LogP contribution in [0, 0.1) is 0 Å². The van der Waals surface area contributed by atoms with Gasteiger partial charge in [0.2, 0.25) is 0 Å². The molecule has 0 atom stereocenters. The van der Waals surface area contributed by atoms with Crippen molar-refractivity contribution in [2.75, 3.05) is 5.43 Å². The van der Waals surface area contributed by atoms with Gasteiger partial charge in [-0.2, -0.15) is 5.10 Å². The van der Waals surface area contributed by atoms with Crippen LogP contribution in [0.4, 0.5) is 5.82 Å². The molecule has 1 N–H and O–H groups in total. The molecule has 5 heteroatoms. The smallest absolute Gasteiger partial charge is 0.163 e. The van der Waals surface area contributed by atoms with Crippen LogP contribution in [0.15, 0.2) is 84.2 Å². The zero-order chi connectivity index (χ0) is 16.9. The van der Waals surface area contributed by atoms with Gasteiger partial charge in [-0.1, -0.05) is 42.5 Å². The minimum atomic E-state index is 0.615. The minimum Gasteiger partial charge on any atom is -0.264 e. The maximum absolute atomic E-state index is 4.63. The first-order valence-corrected chi connectivity index (χ1v) is 7.91. The fourth-order valence-corrected chi connectivity index (χ4v) is 2.49. The number of nitrogens with one attached hydrogen (secondary N) is 1. The van der Waals surface area contributed by atoms with Crippen molar-refractivity contribution in [2.24, 2.45) is 5.10 Å².